The lowest BCUT2D eigenvalue weighted by atomic mass is 9.67. The van der Waals surface area contributed by atoms with Crippen molar-refractivity contribution in [3.63, 3.8) is 0 Å². The number of hydrogen-bond donors (Lipinski definition) is 0. The first kappa shape index (κ1) is 12.5. The summed E-state index contributed by atoms with van der Waals surface area (Å²) in [7, 11) is 1.47. The Labute approximate surface area is 81.7 Å². The van der Waals surface area contributed by atoms with E-state index in [4.69, 9.17) is 4.74 Å². The van der Waals surface area contributed by atoms with Crippen LogP contribution in [0.4, 0.5) is 0 Å². The lowest BCUT2D eigenvalue weighted by molar-refractivity contribution is -0.159. The monoisotopic (exact) mass is 186 g/mol. The highest BCUT2D eigenvalue weighted by atomic mass is 16.5. The van der Waals surface area contributed by atoms with Gasteiger partial charge in [-0.2, -0.15) is 0 Å². The normalized spacial score (nSPS) is 12.3. The van der Waals surface area contributed by atoms with Crippen LogP contribution in [0.25, 0.3) is 0 Å². The first-order valence-corrected chi connectivity index (χ1v) is 5.01. The Morgan fingerprint density at radius 2 is 1.62 bits per heavy atom. The number of carbonyl (C=O) groups excluding carboxylic acids is 1. The summed E-state index contributed by atoms with van der Waals surface area (Å²) in [6, 6.07) is 0. The number of ether oxygens (including phenoxy) is 1. The Kier molecular flexibility index (Phi) is 4.45. The molecular weight excluding hydrogens is 164 g/mol. The second-order valence-electron chi connectivity index (χ2n) is 4.19. The molecule has 13 heavy (non-hydrogen) atoms. The fraction of sp³-hybridized carbons (Fsp3) is 0.909. The number of esters is 1. The fourth-order valence-corrected chi connectivity index (χ4v) is 2.29. The number of carbonyl (C=O) groups is 1. The molecule has 0 N–H and O–H groups in total. The molecule has 0 aliphatic rings. The Hall–Kier alpha value is -0.530. The van der Waals surface area contributed by atoms with E-state index in [-0.39, 0.29) is 11.4 Å². The average molecular weight is 186 g/mol. The highest BCUT2D eigenvalue weighted by molar-refractivity contribution is 5.77. The van der Waals surface area contributed by atoms with Crippen LogP contribution in [0.15, 0.2) is 0 Å². The maximum Gasteiger partial charge on any atom is 0.312 e. The van der Waals surface area contributed by atoms with E-state index in [0.717, 1.165) is 6.42 Å². The van der Waals surface area contributed by atoms with Crippen molar-refractivity contribution in [1.82, 2.24) is 0 Å². The summed E-state index contributed by atoms with van der Waals surface area (Å²) in [5.41, 5.74) is -0.311. The van der Waals surface area contributed by atoms with Gasteiger partial charge in [0.15, 0.2) is 0 Å². The van der Waals surface area contributed by atoms with E-state index in [2.05, 4.69) is 34.6 Å². The van der Waals surface area contributed by atoms with Crippen molar-refractivity contribution in [2.24, 2.45) is 17.3 Å². The van der Waals surface area contributed by atoms with Crippen LogP contribution in [0, 0.1) is 17.3 Å². The van der Waals surface area contributed by atoms with Crippen molar-refractivity contribution in [2.75, 3.05) is 7.11 Å². The Morgan fingerprint density at radius 3 is 1.69 bits per heavy atom. The maximum absolute atomic E-state index is 11.7. The first-order chi connectivity index (χ1) is 5.93. The molecule has 0 amide bonds. The van der Waals surface area contributed by atoms with Gasteiger partial charge < -0.3 is 4.74 Å². The molecule has 2 heteroatoms. The molecule has 0 heterocycles. The van der Waals surface area contributed by atoms with Crippen LogP contribution in [-0.4, -0.2) is 13.1 Å². The van der Waals surface area contributed by atoms with E-state index in [1.807, 2.05) is 0 Å². The van der Waals surface area contributed by atoms with Crippen LogP contribution in [0.3, 0.4) is 0 Å². The van der Waals surface area contributed by atoms with E-state index in [1.165, 1.54) is 7.11 Å². The molecule has 0 aromatic heterocycles. The summed E-state index contributed by atoms with van der Waals surface area (Å²) >= 11 is 0. The van der Waals surface area contributed by atoms with E-state index in [1.54, 1.807) is 0 Å². The Bertz CT molecular complexity index is 163. The second kappa shape index (κ2) is 4.64. The SMILES string of the molecule is CCC(C(=O)OC)(C(C)C)C(C)C. The molecule has 0 fully saturated rings. The highest BCUT2D eigenvalue weighted by Crippen LogP contribution is 2.40. The molecule has 0 spiro atoms. The third-order valence-corrected chi connectivity index (χ3v) is 3.21. The number of hydrogen-bond acceptors (Lipinski definition) is 2. The van der Waals surface area contributed by atoms with Gasteiger partial charge in [-0.15, -0.1) is 0 Å². The molecular formula is C11H22O2. The van der Waals surface area contributed by atoms with Gasteiger partial charge in [0.2, 0.25) is 0 Å². The standard InChI is InChI=1S/C11H22O2/c1-7-11(8(2)3,9(4)5)10(12)13-6/h8-9H,7H2,1-6H3. The fourth-order valence-electron chi connectivity index (χ4n) is 2.29. The van der Waals surface area contributed by atoms with E-state index in [0.29, 0.717) is 11.8 Å². The van der Waals surface area contributed by atoms with Crippen LogP contribution < -0.4 is 0 Å². The zero-order chi connectivity index (χ0) is 10.6. The van der Waals surface area contributed by atoms with Crippen molar-refractivity contribution < 1.29 is 9.53 Å². The van der Waals surface area contributed by atoms with Gasteiger partial charge in [-0.05, 0) is 18.3 Å². The summed E-state index contributed by atoms with van der Waals surface area (Å²) in [6.07, 6.45) is 0.842. The minimum atomic E-state index is -0.311. The minimum absolute atomic E-state index is 0.0694. The molecule has 78 valence electrons. The molecule has 0 atom stereocenters. The average Bonchev–Trinajstić information content (AvgIpc) is 2.04. The van der Waals surface area contributed by atoms with Gasteiger partial charge in [0.25, 0.3) is 0 Å². The zero-order valence-electron chi connectivity index (χ0n) is 9.68. The van der Waals surface area contributed by atoms with Gasteiger partial charge in [0, 0.05) is 0 Å². The third kappa shape index (κ3) is 2.04. The largest absolute Gasteiger partial charge is 0.469 e. The van der Waals surface area contributed by atoms with Crippen LogP contribution in [0.1, 0.15) is 41.0 Å². The Morgan fingerprint density at radius 1 is 1.23 bits per heavy atom. The van der Waals surface area contributed by atoms with Gasteiger partial charge >= 0.3 is 5.97 Å². The van der Waals surface area contributed by atoms with E-state index in [9.17, 15) is 4.79 Å². The van der Waals surface area contributed by atoms with Crippen molar-refractivity contribution >= 4 is 5.97 Å². The quantitative estimate of drug-likeness (QED) is 0.631. The predicted octanol–water partition coefficient (Wildman–Crippen LogP) is 2.87. The molecule has 2 nitrogen and oxygen atoms in total. The van der Waals surface area contributed by atoms with Crippen molar-refractivity contribution in [3.05, 3.63) is 0 Å². The lowest BCUT2D eigenvalue weighted by Gasteiger charge is -2.37. The van der Waals surface area contributed by atoms with Gasteiger partial charge in [0.05, 0.1) is 12.5 Å². The first-order valence-electron chi connectivity index (χ1n) is 5.01. The molecule has 0 aliphatic heterocycles. The summed E-state index contributed by atoms with van der Waals surface area (Å²) in [5, 5.41) is 0. The molecule has 0 bridgehead atoms. The van der Waals surface area contributed by atoms with Crippen molar-refractivity contribution in [1.29, 1.82) is 0 Å². The van der Waals surface area contributed by atoms with Crippen molar-refractivity contribution in [2.45, 2.75) is 41.0 Å². The summed E-state index contributed by atoms with van der Waals surface area (Å²) in [6.45, 7) is 10.4. The number of methoxy groups -OCH3 is 1. The molecule has 0 saturated carbocycles. The van der Waals surface area contributed by atoms with E-state index >= 15 is 0 Å². The van der Waals surface area contributed by atoms with Crippen LogP contribution in [0.5, 0.6) is 0 Å². The zero-order valence-corrected chi connectivity index (χ0v) is 9.68. The molecule has 0 saturated heterocycles. The predicted molar refractivity (Wildman–Crippen MR) is 54.4 cm³/mol. The van der Waals surface area contributed by atoms with Crippen molar-refractivity contribution in [3.8, 4) is 0 Å². The molecule has 0 radical (unpaired) electrons. The minimum Gasteiger partial charge on any atom is -0.469 e. The maximum atomic E-state index is 11.7. The molecule has 0 aromatic carbocycles. The highest BCUT2D eigenvalue weighted by Gasteiger charge is 2.43. The summed E-state index contributed by atoms with van der Waals surface area (Å²) < 4.78 is 4.89. The van der Waals surface area contributed by atoms with Gasteiger partial charge in [-0.1, -0.05) is 34.6 Å². The van der Waals surface area contributed by atoms with Gasteiger partial charge in [0.1, 0.15) is 0 Å². The van der Waals surface area contributed by atoms with Crippen LogP contribution in [0.2, 0.25) is 0 Å². The molecule has 0 unspecified atom stereocenters. The van der Waals surface area contributed by atoms with Gasteiger partial charge in [-0.25, -0.2) is 0 Å². The topological polar surface area (TPSA) is 26.3 Å². The Balaban J connectivity index is 4.98. The summed E-state index contributed by atoms with van der Waals surface area (Å²) in [5.74, 6) is 0.579. The molecule has 0 aromatic rings. The smallest absolute Gasteiger partial charge is 0.312 e. The molecule has 0 aliphatic carbocycles. The third-order valence-electron chi connectivity index (χ3n) is 3.21. The van der Waals surface area contributed by atoms with Gasteiger partial charge in [-0.3, -0.25) is 4.79 Å². The van der Waals surface area contributed by atoms with Crippen LogP contribution in [-0.2, 0) is 9.53 Å². The molecule has 0 rings (SSSR count). The second-order valence-corrected chi connectivity index (χ2v) is 4.19. The van der Waals surface area contributed by atoms with E-state index < -0.39 is 0 Å². The van der Waals surface area contributed by atoms with Crippen LogP contribution >= 0.6 is 0 Å². The number of rotatable bonds is 4. The lowest BCUT2D eigenvalue weighted by Crippen LogP contribution is -2.41. The summed E-state index contributed by atoms with van der Waals surface area (Å²) in [4.78, 5) is 11.7.